The normalized spacial score (nSPS) is 16.2. The van der Waals surface area contributed by atoms with Crippen LogP contribution < -0.4 is 10.1 Å². The monoisotopic (exact) mass is 340 g/mol. The highest BCUT2D eigenvalue weighted by molar-refractivity contribution is 7.13. The number of nitrogens with zero attached hydrogens (tertiary/aromatic N) is 1. The Labute approximate surface area is 143 Å². The lowest BCUT2D eigenvalue weighted by Gasteiger charge is -2.25. The molecule has 1 atom stereocenters. The third-order valence-corrected chi connectivity index (χ3v) is 4.83. The van der Waals surface area contributed by atoms with Crippen molar-refractivity contribution in [2.24, 2.45) is 5.92 Å². The Balaban J connectivity index is 1.36. The van der Waals surface area contributed by atoms with E-state index in [1.165, 1.54) is 16.9 Å². The molecule has 1 aliphatic rings. The first-order chi connectivity index (χ1) is 11.8. The molecule has 1 aromatic carbocycles. The van der Waals surface area contributed by atoms with Crippen molar-refractivity contribution in [2.75, 3.05) is 13.2 Å². The summed E-state index contributed by atoms with van der Waals surface area (Å²) in [6.07, 6.45) is 2.50. The maximum Gasteiger partial charge on any atom is 0.270 e. The molecule has 3 heterocycles. The molecule has 3 aromatic rings. The van der Waals surface area contributed by atoms with Gasteiger partial charge in [0.05, 0.1) is 12.9 Å². The third kappa shape index (κ3) is 3.05. The van der Waals surface area contributed by atoms with E-state index in [1.54, 1.807) is 17.7 Å². The summed E-state index contributed by atoms with van der Waals surface area (Å²) in [5.74, 6) is 1.73. The van der Waals surface area contributed by atoms with E-state index in [0.29, 0.717) is 29.6 Å². The van der Waals surface area contributed by atoms with Crippen LogP contribution in [0.5, 0.6) is 5.75 Å². The number of furan rings is 1. The number of fused-ring (bicyclic) bond motifs is 1. The molecule has 0 bridgehead atoms. The van der Waals surface area contributed by atoms with Crippen LogP contribution in [0.2, 0.25) is 0 Å². The van der Waals surface area contributed by atoms with Gasteiger partial charge in [0.2, 0.25) is 0 Å². The number of hydrogen-bond donors (Lipinski definition) is 1. The zero-order valence-corrected chi connectivity index (χ0v) is 13.7. The molecule has 1 unspecified atom stereocenters. The number of rotatable bonds is 4. The number of nitrogens with one attached hydrogen (secondary N) is 1. The van der Waals surface area contributed by atoms with E-state index in [2.05, 4.69) is 16.4 Å². The van der Waals surface area contributed by atoms with Gasteiger partial charge in [-0.1, -0.05) is 18.2 Å². The molecule has 5 nitrogen and oxygen atoms in total. The second kappa shape index (κ2) is 6.49. The van der Waals surface area contributed by atoms with Gasteiger partial charge in [-0.3, -0.25) is 4.79 Å². The van der Waals surface area contributed by atoms with E-state index in [0.717, 1.165) is 12.2 Å². The second-order valence-electron chi connectivity index (χ2n) is 5.71. The molecular formula is C18H16N2O3S. The fraction of sp³-hybridized carbons (Fsp3) is 0.222. The Kier molecular flexibility index (Phi) is 4.04. The Hall–Kier alpha value is -2.60. The van der Waals surface area contributed by atoms with Crippen molar-refractivity contribution in [3.8, 4) is 16.5 Å². The summed E-state index contributed by atoms with van der Waals surface area (Å²) in [7, 11) is 0. The molecule has 4 rings (SSSR count). The smallest absolute Gasteiger partial charge is 0.270 e. The molecular weight excluding hydrogens is 324 g/mol. The highest BCUT2D eigenvalue weighted by Crippen LogP contribution is 2.27. The van der Waals surface area contributed by atoms with Crippen LogP contribution in [-0.2, 0) is 6.42 Å². The molecule has 24 heavy (non-hydrogen) atoms. The van der Waals surface area contributed by atoms with Gasteiger partial charge < -0.3 is 14.5 Å². The zero-order valence-electron chi connectivity index (χ0n) is 12.9. The molecule has 1 N–H and O–H groups in total. The average molecular weight is 340 g/mol. The van der Waals surface area contributed by atoms with Crippen LogP contribution in [0.15, 0.2) is 52.5 Å². The lowest BCUT2D eigenvalue weighted by Crippen LogP contribution is -2.34. The molecule has 0 saturated carbocycles. The van der Waals surface area contributed by atoms with Crippen LogP contribution in [0.3, 0.4) is 0 Å². The Morgan fingerprint density at radius 1 is 1.29 bits per heavy atom. The lowest BCUT2D eigenvalue weighted by atomic mass is 9.97. The van der Waals surface area contributed by atoms with Crippen LogP contribution in [0.4, 0.5) is 0 Å². The number of amides is 1. The van der Waals surface area contributed by atoms with Gasteiger partial charge in [0.25, 0.3) is 5.91 Å². The summed E-state index contributed by atoms with van der Waals surface area (Å²) in [6, 6.07) is 11.7. The van der Waals surface area contributed by atoms with E-state index in [9.17, 15) is 4.79 Å². The molecule has 0 fully saturated rings. The largest absolute Gasteiger partial charge is 0.493 e. The second-order valence-corrected chi connectivity index (χ2v) is 6.57. The van der Waals surface area contributed by atoms with Crippen molar-refractivity contribution in [3.63, 3.8) is 0 Å². The van der Waals surface area contributed by atoms with Crippen molar-refractivity contribution >= 4 is 17.2 Å². The van der Waals surface area contributed by atoms with Gasteiger partial charge in [0, 0.05) is 17.8 Å². The minimum absolute atomic E-state index is 0.164. The molecule has 0 saturated heterocycles. The Morgan fingerprint density at radius 2 is 2.21 bits per heavy atom. The summed E-state index contributed by atoms with van der Waals surface area (Å²) < 4.78 is 11.1. The maximum absolute atomic E-state index is 12.3. The summed E-state index contributed by atoms with van der Waals surface area (Å²) >= 11 is 1.40. The number of aromatic nitrogens is 1. The number of ether oxygens (including phenoxy) is 1. The minimum Gasteiger partial charge on any atom is -0.493 e. The highest BCUT2D eigenvalue weighted by Gasteiger charge is 2.21. The fourth-order valence-corrected chi connectivity index (χ4v) is 3.51. The summed E-state index contributed by atoms with van der Waals surface area (Å²) in [5, 5.41) is 5.41. The summed E-state index contributed by atoms with van der Waals surface area (Å²) in [4.78, 5) is 16.6. The number of carbonyl (C=O) groups is 1. The quantitative estimate of drug-likeness (QED) is 0.791. The van der Waals surface area contributed by atoms with Crippen molar-refractivity contribution in [1.82, 2.24) is 10.3 Å². The highest BCUT2D eigenvalue weighted by atomic mass is 32.1. The minimum atomic E-state index is -0.164. The molecule has 122 valence electrons. The average Bonchev–Trinajstić information content (AvgIpc) is 3.30. The molecule has 2 aromatic heterocycles. The Morgan fingerprint density at radius 3 is 3.08 bits per heavy atom. The van der Waals surface area contributed by atoms with Crippen molar-refractivity contribution < 1.29 is 13.9 Å². The molecule has 0 spiro atoms. The summed E-state index contributed by atoms with van der Waals surface area (Å²) in [5.41, 5.74) is 1.61. The van der Waals surface area contributed by atoms with Crippen LogP contribution >= 0.6 is 11.3 Å². The van der Waals surface area contributed by atoms with Crippen LogP contribution in [0.1, 0.15) is 16.1 Å². The van der Waals surface area contributed by atoms with E-state index in [4.69, 9.17) is 9.15 Å². The molecule has 0 radical (unpaired) electrons. The zero-order chi connectivity index (χ0) is 16.4. The number of carbonyl (C=O) groups excluding carboxylic acids is 1. The molecule has 6 heteroatoms. The number of para-hydroxylation sites is 1. The van der Waals surface area contributed by atoms with E-state index >= 15 is 0 Å². The fourth-order valence-electron chi connectivity index (χ4n) is 2.74. The third-order valence-electron chi connectivity index (χ3n) is 3.98. The first kappa shape index (κ1) is 15.0. The van der Waals surface area contributed by atoms with Crippen molar-refractivity contribution in [3.05, 3.63) is 59.3 Å². The van der Waals surface area contributed by atoms with Crippen LogP contribution in [0, 0.1) is 5.92 Å². The van der Waals surface area contributed by atoms with Crippen LogP contribution in [-0.4, -0.2) is 24.0 Å². The Bertz CT molecular complexity index is 842. The van der Waals surface area contributed by atoms with Gasteiger partial charge in [0.1, 0.15) is 11.4 Å². The van der Waals surface area contributed by atoms with Gasteiger partial charge in [-0.05, 0) is 30.2 Å². The standard InChI is InChI=1S/C18H16N2O3S/c21-17(14-11-24-18(20-14)16-6-3-7-22-16)19-9-12-8-13-4-1-2-5-15(13)23-10-12/h1-7,11-12H,8-10H2,(H,19,21). The van der Waals surface area contributed by atoms with Gasteiger partial charge in [-0.25, -0.2) is 4.98 Å². The first-order valence-electron chi connectivity index (χ1n) is 7.78. The predicted molar refractivity (Wildman–Crippen MR) is 91.3 cm³/mol. The predicted octanol–water partition coefficient (Wildman–Crippen LogP) is 3.38. The van der Waals surface area contributed by atoms with Gasteiger partial charge in [-0.15, -0.1) is 11.3 Å². The number of benzene rings is 1. The number of hydrogen-bond acceptors (Lipinski definition) is 5. The summed E-state index contributed by atoms with van der Waals surface area (Å²) in [6.45, 7) is 1.19. The van der Waals surface area contributed by atoms with E-state index in [1.807, 2.05) is 24.3 Å². The van der Waals surface area contributed by atoms with Crippen molar-refractivity contribution in [1.29, 1.82) is 0 Å². The van der Waals surface area contributed by atoms with Gasteiger partial charge in [0.15, 0.2) is 10.8 Å². The van der Waals surface area contributed by atoms with Gasteiger partial charge in [-0.2, -0.15) is 0 Å². The maximum atomic E-state index is 12.3. The van der Waals surface area contributed by atoms with Crippen LogP contribution in [0.25, 0.3) is 10.8 Å². The SMILES string of the molecule is O=C(NCC1COc2ccccc2C1)c1csc(-c2ccco2)n1. The van der Waals surface area contributed by atoms with E-state index in [-0.39, 0.29) is 11.8 Å². The number of thiazole rings is 1. The first-order valence-corrected chi connectivity index (χ1v) is 8.66. The molecule has 0 aliphatic carbocycles. The molecule has 1 aliphatic heterocycles. The van der Waals surface area contributed by atoms with Crippen molar-refractivity contribution in [2.45, 2.75) is 6.42 Å². The lowest BCUT2D eigenvalue weighted by molar-refractivity contribution is 0.0935. The molecule has 1 amide bonds. The topological polar surface area (TPSA) is 64.4 Å². The van der Waals surface area contributed by atoms with Gasteiger partial charge >= 0.3 is 0 Å². The van der Waals surface area contributed by atoms with E-state index < -0.39 is 0 Å².